The number of aryl methyl sites for hydroxylation is 1. The summed E-state index contributed by atoms with van der Waals surface area (Å²) in [5.41, 5.74) is 6.82. The molecule has 1 rings (SSSR count). The normalized spacial score (nSPS) is 12.5. The number of carboxylic acids is 1. The van der Waals surface area contributed by atoms with Crippen molar-refractivity contribution in [1.82, 2.24) is 0 Å². The molecule has 0 saturated heterocycles. The van der Waals surface area contributed by atoms with Crippen LogP contribution in [0.5, 0.6) is 0 Å². The van der Waals surface area contributed by atoms with Crippen molar-refractivity contribution in [1.29, 1.82) is 0 Å². The first-order chi connectivity index (χ1) is 6.91. The third kappa shape index (κ3) is 2.91. The molecule has 0 aliphatic heterocycles. The third-order valence-corrected chi connectivity index (χ3v) is 2.39. The zero-order chi connectivity index (χ0) is 11.6. The van der Waals surface area contributed by atoms with E-state index in [1.165, 1.54) is 12.1 Å². The molecule has 0 aliphatic rings. The average molecular weight is 232 g/mol. The number of nitrogens with two attached hydrogens (primary N) is 1. The van der Waals surface area contributed by atoms with Crippen LogP contribution in [0.4, 0.5) is 4.39 Å². The average Bonchev–Trinajstić information content (AvgIpc) is 2.09. The maximum absolute atomic E-state index is 13.0. The molecule has 0 aromatic heterocycles. The fraction of sp³-hybridized carbons (Fsp3) is 0.300. The number of carboxylic acid groups (broad SMARTS) is 1. The molecule has 5 heteroatoms. The Morgan fingerprint density at radius 1 is 1.67 bits per heavy atom. The molecule has 0 heterocycles. The van der Waals surface area contributed by atoms with E-state index in [1.807, 2.05) is 0 Å². The summed E-state index contributed by atoms with van der Waals surface area (Å²) in [5, 5.41) is 8.53. The van der Waals surface area contributed by atoms with Crippen LogP contribution in [0.3, 0.4) is 0 Å². The van der Waals surface area contributed by atoms with Gasteiger partial charge in [0.05, 0.1) is 11.4 Å². The Balaban J connectivity index is 3.03. The van der Waals surface area contributed by atoms with Crippen molar-refractivity contribution < 1.29 is 14.3 Å². The molecule has 1 atom stereocenters. The van der Waals surface area contributed by atoms with E-state index in [0.29, 0.717) is 11.1 Å². The van der Waals surface area contributed by atoms with Crippen LogP contribution in [0.1, 0.15) is 23.6 Å². The first kappa shape index (κ1) is 11.9. The molecule has 0 fully saturated rings. The SMILES string of the molecule is Cc1cc(F)c(Cl)cc1C(N)CC(=O)O. The summed E-state index contributed by atoms with van der Waals surface area (Å²) in [6, 6.07) is 1.96. The molecule has 0 saturated carbocycles. The highest BCUT2D eigenvalue weighted by atomic mass is 35.5. The number of benzene rings is 1. The lowest BCUT2D eigenvalue weighted by Crippen LogP contribution is -2.16. The number of hydrogen-bond donors (Lipinski definition) is 2. The topological polar surface area (TPSA) is 63.3 Å². The Bertz CT molecular complexity index is 395. The van der Waals surface area contributed by atoms with Crippen molar-refractivity contribution in [3.63, 3.8) is 0 Å². The van der Waals surface area contributed by atoms with Gasteiger partial charge in [0, 0.05) is 6.04 Å². The quantitative estimate of drug-likeness (QED) is 0.839. The molecule has 82 valence electrons. The van der Waals surface area contributed by atoms with Crippen LogP contribution in [-0.2, 0) is 4.79 Å². The van der Waals surface area contributed by atoms with Gasteiger partial charge in [-0.3, -0.25) is 4.79 Å². The highest BCUT2D eigenvalue weighted by Crippen LogP contribution is 2.25. The smallest absolute Gasteiger partial charge is 0.305 e. The maximum atomic E-state index is 13.0. The predicted molar refractivity (Wildman–Crippen MR) is 55.3 cm³/mol. The van der Waals surface area contributed by atoms with Crippen LogP contribution in [0.2, 0.25) is 5.02 Å². The van der Waals surface area contributed by atoms with Crippen LogP contribution in [0, 0.1) is 12.7 Å². The molecular weight excluding hydrogens is 221 g/mol. The third-order valence-electron chi connectivity index (χ3n) is 2.10. The highest BCUT2D eigenvalue weighted by Gasteiger charge is 2.15. The molecule has 15 heavy (non-hydrogen) atoms. The summed E-state index contributed by atoms with van der Waals surface area (Å²) in [4.78, 5) is 10.5. The standard InChI is InChI=1S/C10H11ClFNO2/c1-5-2-8(12)7(11)3-6(5)9(13)4-10(14)15/h2-3,9H,4,13H2,1H3,(H,14,15). The molecule has 0 amide bonds. The Morgan fingerprint density at radius 2 is 2.27 bits per heavy atom. The molecule has 3 nitrogen and oxygen atoms in total. The fourth-order valence-electron chi connectivity index (χ4n) is 1.36. The van der Waals surface area contributed by atoms with Crippen molar-refractivity contribution in [2.45, 2.75) is 19.4 Å². The van der Waals surface area contributed by atoms with Gasteiger partial charge in [0.1, 0.15) is 5.82 Å². The Labute approximate surface area is 91.7 Å². The van der Waals surface area contributed by atoms with E-state index in [0.717, 1.165) is 0 Å². The van der Waals surface area contributed by atoms with Crippen molar-refractivity contribution in [2.24, 2.45) is 5.73 Å². The monoisotopic (exact) mass is 231 g/mol. The van der Waals surface area contributed by atoms with E-state index in [1.54, 1.807) is 6.92 Å². The molecule has 1 unspecified atom stereocenters. The fourth-order valence-corrected chi connectivity index (χ4v) is 1.53. The minimum atomic E-state index is -0.998. The number of hydrogen-bond acceptors (Lipinski definition) is 2. The Morgan fingerprint density at radius 3 is 2.80 bits per heavy atom. The van der Waals surface area contributed by atoms with Gasteiger partial charge in [-0.25, -0.2) is 4.39 Å². The zero-order valence-electron chi connectivity index (χ0n) is 8.13. The molecule has 1 aromatic carbocycles. The van der Waals surface area contributed by atoms with Gasteiger partial charge in [-0.15, -0.1) is 0 Å². The van der Waals surface area contributed by atoms with Crippen molar-refractivity contribution in [2.75, 3.05) is 0 Å². The molecular formula is C10H11ClFNO2. The molecule has 0 aliphatic carbocycles. The lowest BCUT2D eigenvalue weighted by Gasteiger charge is -2.13. The second-order valence-corrected chi connectivity index (χ2v) is 3.73. The number of aliphatic carboxylic acids is 1. The van der Waals surface area contributed by atoms with E-state index >= 15 is 0 Å². The zero-order valence-corrected chi connectivity index (χ0v) is 8.88. The lowest BCUT2D eigenvalue weighted by atomic mass is 9.99. The second kappa shape index (κ2) is 4.59. The Kier molecular flexibility index (Phi) is 3.66. The van der Waals surface area contributed by atoms with Gasteiger partial charge in [-0.1, -0.05) is 11.6 Å². The summed E-state index contributed by atoms with van der Waals surface area (Å²) in [6.45, 7) is 1.66. The van der Waals surface area contributed by atoms with Gasteiger partial charge in [-0.2, -0.15) is 0 Å². The first-order valence-electron chi connectivity index (χ1n) is 4.34. The predicted octanol–water partition coefficient (Wildman–Crippen LogP) is 2.26. The van der Waals surface area contributed by atoms with Crippen LogP contribution >= 0.6 is 11.6 Å². The molecule has 3 N–H and O–H groups in total. The summed E-state index contributed by atoms with van der Waals surface area (Å²) in [6.07, 6.45) is -0.206. The lowest BCUT2D eigenvalue weighted by molar-refractivity contribution is -0.137. The van der Waals surface area contributed by atoms with E-state index in [9.17, 15) is 9.18 Å². The van der Waals surface area contributed by atoms with Crippen LogP contribution < -0.4 is 5.73 Å². The van der Waals surface area contributed by atoms with E-state index in [-0.39, 0.29) is 11.4 Å². The van der Waals surface area contributed by atoms with Crippen LogP contribution in [0.25, 0.3) is 0 Å². The minimum absolute atomic E-state index is 0.0450. The van der Waals surface area contributed by atoms with Gasteiger partial charge in [0.25, 0.3) is 0 Å². The van der Waals surface area contributed by atoms with E-state index < -0.39 is 17.8 Å². The number of halogens is 2. The van der Waals surface area contributed by atoms with Gasteiger partial charge in [0.15, 0.2) is 0 Å². The summed E-state index contributed by atoms with van der Waals surface area (Å²) in [5.74, 6) is -1.53. The number of rotatable bonds is 3. The van der Waals surface area contributed by atoms with Crippen LogP contribution in [-0.4, -0.2) is 11.1 Å². The maximum Gasteiger partial charge on any atom is 0.305 e. The van der Waals surface area contributed by atoms with Crippen LogP contribution in [0.15, 0.2) is 12.1 Å². The molecule has 1 aromatic rings. The Hall–Kier alpha value is -1.13. The highest BCUT2D eigenvalue weighted by molar-refractivity contribution is 6.30. The molecule has 0 radical (unpaired) electrons. The minimum Gasteiger partial charge on any atom is -0.481 e. The summed E-state index contributed by atoms with van der Waals surface area (Å²) < 4.78 is 13.0. The largest absolute Gasteiger partial charge is 0.481 e. The van der Waals surface area contributed by atoms with Gasteiger partial charge in [0.2, 0.25) is 0 Å². The van der Waals surface area contributed by atoms with Gasteiger partial charge in [-0.05, 0) is 30.2 Å². The van der Waals surface area contributed by atoms with Crippen molar-refractivity contribution in [3.8, 4) is 0 Å². The first-order valence-corrected chi connectivity index (χ1v) is 4.72. The summed E-state index contributed by atoms with van der Waals surface area (Å²) in [7, 11) is 0. The van der Waals surface area contributed by atoms with Gasteiger partial charge < -0.3 is 10.8 Å². The van der Waals surface area contributed by atoms with E-state index in [4.69, 9.17) is 22.4 Å². The van der Waals surface area contributed by atoms with Crippen molar-refractivity contribution >= 4 is 17.6 Å². The summed E-state index contributed by atoms with van der Waals surface area (Å²) >= 11 is 5.59. The molecule has 0 bridgehead atoms. The van der Waals surface area contributed by atoms with E-state index in [2.05, 4.69) is 0 Å². The molecule has 0 spiro atoms. The van der Waals surface area contributed by atoms with Gasteiger partial charge >= 0.3 is 5.97 Å². The van der Waals surface area contributed by atoms with Crippen molar-refractivity contribution in [3.05, 3.63) is 34.1 Å². The second-order valence-electron chi connectivity index (χ2n) is 3.33. The number of carbonyl (C=O) groups is 1.